The zero-order chi connectivity index (χ0) is 22.3. The molecule has 1 fully saturated rings. The molecule has 166 valence electrons. The molecule has 0 aromatic heterocycles. The van der Waals surface area contributed by atoms with Gasteiger partial charge < -0.3 is 14.7 Å². The van der Waals surface area contributed by atoms with Crippen LogP contribution >= 0.6 is 0 Å². The minimum atomic E-state index is -0.537. The molecular formula is C27H30N2O3. The molecule has 1 aliphatic rings. The summed E-state index contributed by atoms with van der Waals surface area (Å²) in [5.41, 5.74) is 4.20. The maximum Gasteiger partial charge on any atom is 0.159 e. The molecular weight excluding hydrogens is 400 g/mol. The zero-order valence-electron chi connectivity index (χ0n) is 18.5. The molecule has 1 atom stereocenters. The molecule has 0 amide bonds. The van der Waals surface area contributed by atoms with Gasteiger partial charge in [-0.2, -0.15) is 0 Å². The third kappa shape index (κ3) is 5.75. The number of benzene rings is 3. The highest BCUT2D eigenvalue weighted by atomic mass is 16.5. The number of aliphatic hydroxyl groups is 1. The number of carbonyl (C=O) groups is 1. The maximum atomic E-state index is 11.4. The Bertz CT molecular complexity index is 995. The first-order valence-corrected chi connectivity index (χ1v) is 11.1. The van der Waals surface area contributed by atoms with Crippen LogP contribution in [0.2, 0.25) is 0 Å². The van der Waals surface area contributed by atoms with Gasteiger partial charge in [-0.1, -0.05) is 42.5 Å². The van der Waals surface area contributed by atoms with Crippen LogP contribution in [0, 0.1) is 0 Å². The third-order valence-electron chi connectivity index (χ3n) is 5.88. The molecule has 0 aliphatic carbocycles. The molecule has 3 aromatic rings. The largest absolute Gasteiger partial charge is 0.491 e. The van der Waals surface area contributed by atoms with Crippen LogP contribution in [0.15, 0.2) is 78.9 Å². The molecule has 1 aliphatic heterocycles. The average Bonchev–Trinajstić information content (AvgIpc) is 2.84. The Morgan fingerprint density at radius 1 is 0.875 bits per heavy atom. The normalized spacial score (nSPS) is 15.4. The highest BCUT2D eigenvalue weighted by Crippen LogP contribution is 2.22. The molecule has 0 radical (unpaired) electrons. The van der Waals surface area contributed by atoms with Crippen molar-refractivity contribution in [1.82, 2.24) is 4.90 Å². The number of ether oxygens (including phenoxy) is 1. The van der Waals surface area contributed by atoms with Crippen LogP contribution < -0.4 is 9.64 Å². The Balaban J connectivity index is 1.20. The van der Waals surface area contributed by atoms with E-state index >= 15 is 0 Å². The van der Waals surface area contributed by atoms with Gasteiger partial charge in [0.2, 0.25) is 0 Å². The van der Waals surface area contributed by atoms with E-state index in [9.17, 15) is 9.90 Å². The van der Waals surface area contributed by atoms with Crippen molar-refractivity contribution in [2.75, 3.05) is 44.2 Å². The van der Waals surface area contributed by atoms with Gasteiger partial charge in [0.15, 0.2) is 5.78 Å². The Morgan fingerprint density at radius 2 is 1.50 bits per heavy atom. The molecule has 4 rings (SSSR count). The van der Waals surface area contributed by atoms with Crippen molar-refractivity contribution < 1.29 is 14.6 Å². The summed E-state index contributed by atoms with van der Waals surface area (Å²) in [6.45, 7) is 6.02. The molecule has 32 heavy (non-hydrogen) atoms. The second-order valence-corrected chi connectivity index (χ2v) is 8.25. The van der Waals surface area contributed by atoms with Crippen molar-refractivity contribution in [1.29, 1.82) is 0 Å². The third-order valence-corrected chi connectivity index (χ3v) is 5.88. The molecule has 5 heteroatoms. The first-order valence-electron chi connectivity index (χ1n) is 11.1. The maximum absolute atomic E-state index is 11.4. The quantitative estimate of drug-likeness (QED) is 0.545. The summed E-state index contributed by atoms with van der Waals surface area (Å²) in [5, 5.41) is 10.4. The van der Waals surface area contributed by atoms with Crippen LogP contribution in [0.4, 0.5) is 5.69 Å². The number of piperazine rings is 1. The minimum Gasteiger partial charge on any atom is -0.491 e. The zero-order valence-corrected chi connectivity index (χ0v) is 18.5. The summed E-state index contributed by atoms with van der Waals surface area (Å²) in [5.74, 6) is 0.854. The van der Waals surface area contributed by atoms with E-state index in [1.807, 2.05) is 66.7 Å². The van der Waals surface area contributed by atoms with E-state index in [0.29, 0.717) is 6.54 Å². The van der Waals surface area contributed by atoms with Gasteiger partial charge in [-0.25, -0.2) is 0 Å². The van der Waals surface area contributed by atoms with Gasteiger partial charge >= 0.3 is 0 Å². The lowest BCUT2D eigenvalue weighted by molar-refractivity contribution is 0.0663. The number of rotatable bonds is 8. The smallest absolute Gasteiger partial charge is 0.159 e. The summed E-state index contributed by atoms with van der Waals surface area (Å²) in [4.78, 5) is 16.0. The van der Waals surface area contributed by atoms with E-state index in [1.54, 1.807) is 6.92 Å². The van der Waals surface area contributed by atoms with E-state index in [-0.39, 0.29) is 12.4 Å². The lowest BCUT2D eigenvalue weighted by Crippen LogP contribution is -2.49. The first kappa shape index (κ1) is 22.1. The van der Waals surface area contributed by atoms with E-state index in [2.05, 4.69) is 21.9 Å². The number of hydrogen-bond acceptors (Lipinski definition) is 5. The van der Waals surface area contributed by atoms with Gasteiger partial charge in [0.1, 0.15) is 18.5 Å². The Labute approximate surface area is 189 Å². The van der Waals surface area contributed by atoms with Crippen LogP contribution in [-0.4, -0.2) is 61.2 Å². The number of anilines is 1. The van der Waals surface area contributed by atoms with E-state index in [4.69, 9.17) is 4.74 Å². The number of ketones is 1. The van der Waals surface area contributed by atoms with Crippen LogP contribution in [-0.2, 0) is 0 Å². The minimum absolute atomic E-state index is 0.0877. The van der Waals surface area contributed by atoms with E-state index in [0.717, 1.165) is 48.7 Å². The number of carbonyl (C=O) groups excluding carboxylic acids is 1. The van der Waals surface area contributed by atoms with Gasteiger partial charge in [-0.3, -0.25) is 9.69 Å². The molecule has 3 aromatic carbocycles. The fourth-order valence-electron chi connectivity index (χ4n) is 4.01. The molecule has 1 saturated heterocycles. The number of aliphatic hydroxyl groups excluding tert-OH is 1. The number of β-amino-alcohol motifs (C(OH)–C–C–N with tert-alkyl or cyclic N) is 1. The topological polar surface area (TPSA) is 53.0 Å². The molecule has 0 bridgehead atoms. The lowest BCUT2D eigenvalue weighted by atomic mass is 10.1. The summed E-state index contributed by atoms with van der Waals surface area (Å²) < 4.78 is 5.81. The summed E-state index contributed by atoms with van der Waals surface area (Å²) >= 11 is 0. The Kier molecular flexibility index (Phi) is 7.20. The van der Waals surface area contributed by atoms with Gasteiger partial charge in [0, 0.05) is 44.0 Å². The van der Waals surface area contributed by atoms with Crippen LogP contribution in [0.25, 0.3) is 11.1 Å². The molecule has 0 saturated carbocycles. The predicted molar refractivity (Wildman–Crippen MR) is 128 cm³/mol. The average molecular weight is 431 g/mol. The SMILES string of the molecule is CC(=O)c1ccc(N2CCN(CC(O)COc3ccc(-c4ccccc4)cc3)CC2)cc1. The molecule has 0 spiro atoms. The predicted octanol–water partition coefficient (Wildman–Crippen LogP) is 4.12. The van der Waals surface area contributed by atoms with Crippen molar-refractivity contribution in [2.24, 2.45) is 0 Å². The van der Waals surface area contributed by atoms with Gasteiger partial charge in [-0.15, -0.1) is 0 Å². The Morgan fingerprint density at radius 3 is 2.12 bits per heavy atom. The van der Waals surface area contributed by atoms with Crippen molar-refractivity contribution in [3.8, 4) is 16.9 Å². The number of hydrogen-bond donors (Lipinski definition) is 1. The van der Waals surface area contributed by atoms with Gasteiger partial charge in [0.05, 0.1) is 0 Å². The van der Waals surface area contributed by atoms with Crippen molar-refractivity contribution in [2.45, 2.75) is 13.0 Å². The van der Waals surface area contributed by atoms with Crippen molar-refractivity contribution >= 4 is 11.5 Å². The molecule has 1 heterocycles. The fourth-order valence-corrected chi connectivity index (χ4v) is 4.01. The van der Waals surface area contributed by atoms with Gasteiger partial charge in [-0.05, 0) is 54.4 Å². The molecule has 1 N–H and O–H groups in total. The van der Waals surface area contributed by atoms with Crippen LogP contribution in [0.1, 0.15) is 17.3 Å². The van der Waals surface area contributed by atoms with Crippen LogP contribution in [0.5, 0.6) is 5.75 Å². The fraction of sp³-hybridized carbons (Fsp3) is 0.296. The molecule has 5 nitrogen and oxygen atoms in total. The van der Waals surface area contributed by atoms with E-state index < -0.39 is 6.10 Å². The van der Waals surface area contributed by atoms with Gasteiger partial charge in [0.25, 0.3) is 0 Å². The highest BCUT2D eigenvalue weighted by Gasteiger charge is 2.20. The first-order chi connectivity index (χ1) is 15.6. The standard InChI is InChI=1S/C27H30N2O3/c1-21(30)22-7-11-25(12-8-22)29-17-15-28(16-18-29)19-26(31)20-32-27-13-9-24(10-14-27)23-5-3-2-4-6-23/h2-14,26,31H,15-20H2,1H3. The number of nitrogens with zero attached hydrogens (tertiary/aromatic N) is 2. The number of Topliss-reactive ketones (excluding diaryl/α,β-unsaturated/α-hetero) is 1. The van der Waals surface area contributed by atoms with Crippen molar-refractivity contribution in [3.63, 3.8) is 0 Å². The van der Waals surface area contributed by atoms with Crippen molar-refractivity contribution in [3.05, 3.63) is 84.4 Å². The Hall–Kier alpha value is -3.15. The highest BCUT2D eigenvalue weighted by molar-refractivity contribution is 5.94. The summed E-state index contributed by atoms with van der Waals surface area (Å²) in [6, 6.07) is 26.0. The van der Waals surface area contributed by atoms with Crippen LogP contribution in [0.3, 0.4) is 0 Å². The van der Waals surface area contributed by atoms with E-state index in [1.165, 1.54) is 5.56 Å². The molecule has 1 unspecified atom stereocenters. The second kappa shape index (κ2) is 10.4. The second-order valence-electron chi connectivity index (χ2n) is 8.25. The summed E-state index contributed by atoms with van der Waals surface area (Å²) in [7, 11) is 0. The lowest BCUT2D eigenvalue weighted by Gasteiger charge is -2.36. The summed E-state index contributed by atoms with van der Waals surface area (Å²) in [6.07, 6.45) is -0.537. The monoisotopic (exact) mass is 430 g/mol.